The van der Waals surface area contributed by atoms with E-state index in [1.54, 1.807) is 20.8 Å². The van der Waals surface area contributed by atoms with E-state index in [9.17, 15) is 14.4 Å². The standard InChI is InChI=1S/C13H20ClNO6/c1-12(2,3)20-11(18)13(4,5)21-15-9(8(16)7-14)10(17)19-6/h7H2,1-6H3/b15-9+. The zero-order chi connectivity index (χ0) is 16.8. The van der Waals surface area contributed by atoms with Crippen LogP contribution in [-0.4, -0.2) is 47.6 Å². The molecule has 0 amide bonds. The van der Waals surface area contributed by atoms with Crippen LogP contribution in [0.25, 0.3) is 0 Å². The molecule has 0 saturated carbocycles. The van der Waals surface area contributed by atoms with E-state index in [1.165, 1.54) is 13.8 Å². The van der Waals surface area contributed by atoms with Crippen LogP contribution in [0.15, 0.2) is 5.16 Å². The number of halogens is 1. The SMILES string of the molecule is COC(=O)/C(=N/OC(C)(C)C(=O)OC(C)(C)C)C(=O)CCl. The maximum atomic E-state index is 11.9. The first kappa shape index (κ1) is 19.4. The molecule has 8 heteroatoms. The fourth-order valence-corrected chi connectivity index (χ4v) is 1.09. The second kappa shape index (κ2) is 7.40. The molecule has 0 aliphatic carbocycles. The summed E-state index contributed by atoms with van der Waals surface area (Å²) in [5.74, 6) is -2.94. The van der Waals surface area contributed by atoms with Gasteiger partial charge in [-0.15, -0.1) is 11.6 Å². The quantitative estimate of drug-likeness (QED) is 0.242. The topological polar surface area (TPSA) is 91.3 Å². The predicted molar refractivity (Wildman–Crippen MR) is 76.2 cm³/mol. The Morgan fingerprint density at radius 3 is 2.00 bits per heavy atom. The molecule has 0 aliphatic rings. The monoisotopic (exact) mass is 321 g/mol. The Bertz CT molecular complexity index is 432. The van der Waals surface area contributed by atoms with Gasteiger partial charge in [-0.2, -0.15) is 0 Å². The molecule has 0 aliphatic heterocycles. The summed E-state index contributed by atoms with van der Waals surface area (Å²) < 4.78 is 9.54. The van der Waals surface area contributed by atoms with Crippen LogP contribution in [0.4, 0.5) is 0 Å². The number of hydrogen-bond donors (Lipinski definition) is 0. The number of ether oxygens (including phenoxy) is 2. The normalized spacial score (nSPS) is 12.6. The van der Waals surface area contributed by atoms with Gasteiger partial charge in [0.25, 0.3) is 0 Å². The zero-order valence-corrected chi connectivity index (χ0v) is 13.7. The predicted octanol–water partition coefficient (Wildman–Crippen LogP) is 1.46. The van der Waals surface area contributed by atoms with Crippen molar-refractivity contribution in [3.05, 3.63) is 0 Å². The maximum Gasteiger partial charge on any atom is 0.363 e. The molecule has 0 aromatic rings. The number of hydrogen-bond acceptors (Lipinski definition) is 7. The summed E-state index contributed by atoms with van der Waals surface area (Å²) in [6.45, 7) is 7.87. The first-order chi connectivity index (χ1) is 9.44. The van der Waals surface area contributed by atoms with Crippen LogP contribution < -0.4 is 0 Å². The van der Waals surface area contributed by atoms with Gasteiger partial charge in [0.05, 0.1) is 13.0 Å². The summed E-state index contributed by atoms with van der Waals surface area (Å²) in [5, 5.41) is 3.40. The van der Waals surface area contributed by atoms with Crippen molar-refractivity contribution in [2.75, 3.05) is 13.0 Å². The van der Waals surface area contributed by atoms with Gasteiger partial charge >= 0.3 is 11.9 Å². The van der Waals surface area contributed by atoms with Crippen LogP contribution in [0.1, 0.15) is 34.6 Å². The molecule has 0 bridgehead atoms. The lowest BCUT2D eigenvalue weighted by molar-refractivity contribution is -0.179. The molecule has 0 N–H and O–H groups in total. The summed E-state index contributed by atoms with van der Waals surface area (Å²) in [6.07, 6.45) is 0. The Labute approximate surface area is 128 Å². The number of ketones is 1. The van der Waals surface area contributed by atoms with Crippen LogP contribution in [0.5, 0.6) is 0 Å². The van der Waals surface area contributed by atoms with Gasteiger partial charge < -0.3 is 14.3 Å². The van der Waals surface area contributed by atoms with Crippen molar-refractivity contribution in [2.24, 2.45) is 5.16 Å². The minimum atomic E-state index is -1.49. The Morgan fingerprint density at radius 1 is 1.10 bits per heavy atom. The average Bonchev–Trinajstić information content (AvgIpc) is 2.35. The van der Waals surface area contributed by atoms with Crippen LogP contribution in [0.3, 0.4) is 0 Å². The largest absolute Gasteiger partial charge is 0.464 e. The van der Waals surface area contributed by atoms with Gasteiger partial charge in [-0.25, -0.2) is 9.59 Å². The number of oxime groups is 1. The molecular formula is C13H20ClNO6. The van der Waals surface area contributed by atoms with Gasteiger partial charge in [0, 0.05) is 0 Å². The third-order valence-corrected chi connectivity index (χ3v) is 2.26. The van der Waals surface area contributed by atoms with Gasteiger partial charge in [0.15, 0.2) is 0 Å². The lowest BCUT2D eigenvalue weighted by atomic mass is 10.1. The smallest absolute Gasteiger partial charge is 0.363 e. The molecule has 0 heterocycles. The van der Waals surface area contributed by atoms with E-state index in [4.69, 9.17) is 21.2 Å². The molecule has 0 atom stereocenters. The molecule has 120 valence electrons. The average molecular weight is 322 g/mol. The lowest BCUT2D eigenvalue weighted by Crippen LogP contribution is -2.40. The van der Waals surface area contributed by atoms with Crippen molar-refractivity contribution in [3.63, 3.8) is 0 Å². The number of nitrogens with zero attached hydrogens (tertiary/aromatic N) is 1. The van der Waals surface area contributed by atoms with Crippen LogP contribution in [-0.2, 0) is 28.7 Å². The summed E-state index contributed by atoms with van der Waals surface area (Å²) >= 11 is 5.36. The highest BCUT2D eigenvalue weighted by molar-refractivity contribution is 6.67. The molecule has 0 aromatic carbocycles. The van der Waals surface area contributed by atoms with E-state index in [0.717, 1.165) is 7.11 Å². The number of Topliss-reactive ketones (excluding diaryl/α,β-unsaturated/α-hetero) is 1. The summed E-state index contributed by atoms with van der Waals surface area (Å²) in [5.41, 5.74) is -2.82. The fourth-order valence-electron chi connectivity index (χ4n) is 0.960. The maximum absolute atomic E-state index is 11.9. The number of esters is 2. The highest BCUT2D eigenvalue weighted by Crippen LogP contribution is 2.18. The number of methoxy groups -OCH3 is 1. The highest BCUT2D eigenvalue weighted by Gasteiger charge is 2.36. The first-order valence-corrected chi connectivity index (χ1v) is 6.65. The van der Waals surface area contributed by atoms with Crippen molar-refractivity contribution in [1.82, 2.24) is 0 Å². The third-order valence-electron chi connectivity index (χ3n) is 2.02. The van der Waals surface area contributed by atoms with Crippen molar-refractivity contribution in [3.8, 4) is 0 Å². The molecule has 7 nitrogen and oxygen atoms in total. The molecule has 0 unspecified atom stereocenters. The summed E-state index contributed by atoms with van der Waals surface area (Å²) in [7, 11) is 1.08. The van der Waals surface area contributed by atoms with Gasteiger partial charge in [-0.1, -0.05) is 5.16 Å². The van der Waals surface area contributed by atoms with Crippen molar-refractivity contribution in [1.29, 1.82) is 0 Å². The number of alkyl halides is 1. The van der Waals surface area contributed by atoms with Crippen molar-refractivity contribution < 1.29 is 28.7 Å². The van der Waals surface area contributed by atoms with E-state index < -0.39 is 40.5 Å². The molecular weight excluding hydrogens is 302 g/mol. The first-order valence-electron chi connectivity index (χ1n) is 6.11. The zero-order valence-electron chi connectivity index (χ0n) is 13.0. The van der Waals surface area contributed by atoms with Crippen molar-refractivity contribution >= 4 is 35.0 Å². The Hall–Kier alpha value is -1.63. The van der Waals surface area contributed by atoms with E-state index in [2.05, 4.69) is 9.89 Å². The second-order valence-electron chi connectivity index (χ2n) is 5.59. The van der Waals surface area contributed by atoms with Crippen LogP contribution >= 0.6 is 11.6 Å². The number of carbonyl (C=O) groups is 3. The van der Waals surface area contributed by atoms with E-state index in [-0.39, 0.29) is 0 Å². The van der Waals surface area contributed by atoms with E-state index >= 15 is 0 Å². The van der Waals surface area contributed by atoms with Crippen molar-refractivity contribution in [2.45, 2.75) is 45.8 Å². The lowest BCUT2D eigenvalue weighted by Gasteiger charge is -2.26. The third kappa shape index (κ3) is 6.57. The second-order valence-corrected chi connectivity index (χ2v) is 5.86. The molecule has 0 aromatic heterocycles. The molecule has 21 heavy (non-hydrogen) atoms. The van der Waals surface area contributed by atoms with Crippen LogP contribution in [0, 0.1) is 0 Å². The summed E-state index contributed by atoms with van der Waals surface area (Å²) in [4.78, 5) is 39.8. The van der Waals surface area contributed by atoms with Gasteiger partial charge in [-0.05, 0) is 34.6 Å². The van der Waals surface area contributed by atoms with Gasteiger partial charge in [-0.3, -0.25) is 4.79 Å². The Kier molecular flexibility index (Phi) is 6.82. The fraction of sp³-hybridized carbons (Fsp3) is 0.692. The molecule has 0 rings (SSSR count). The number of carbonyl (C=O) groups excluding carboxylic acids is 3. The minimum absolute atomic E-state index is 0.468. The Balaban J connectivity index is 5.13. The molecule has 0 fully saturated rings. The van der Waals surface area contributed by atoms with Gasteiger partial charge in [0.1, 0.15) is 5.60 Å². The van der Waals surface area contributed by atoms with Crippen LogP contribution in [0.2, 0.25) is 0 Å². The highest BCUT2D eigenvalue weighted by atomic mass is 35.5. The summed E-state index contributed by atoms with van der Waals surface area (Å²) in [6, 6.07) is 0. The molecule has 0 spiro atoms. The molecule has 0 radical (unpaired) electrons. The minimum Gasteiger partial charge on any atom is -0.464 e. The Morgan fingerprint density at radius 2 is 1.62 bits per heavy atom. The van der Waals surface area contributed by atoms with E-state index in [1.807, 2.05) is 0 Å². The van der Waals surface area contributed by atoms with E-state index in [0.29, 0.717) is 0 Å². The molecule has 0 saturated heterocycles. The number of rotatable bonds is 6. The van der Waals surface area contributed by atoms with Gasteiger partial charge in [0.2, 0.25) is 17.1 Å².